The van der Waals surface area contributed by atoms with E-state index in [9.17, 15) is 0 Å². The minimum atomic E-state index is 0.396. The first-order valence-corrected chi connectivity index (χ1v) is 7.02. The molecule has 0 amide bonds. The summed E-state index contributed by atoms with van der Waals surface area (Å²) in [6.07, 6.45) is 6.01. The summed E-state index contributed by atoms with van der Waals surface area (Å²) in [5.41, 5.74) is 2.53. The summed E-state index contributed by atoms with van der Waals surface area (Å²) < 4.78 is 1.96. The molecule has 1 aromatic heterocycles. The number of nitrogens with zero attached hydrogens (tertiary/aromatic N) is 2. The fraction of sp³-hybridized carbons (Fsp3) is 0.400. The van der Waals surface area contributed by atoms with E-state index in [4.69, 9.17) is 11.6 Å². The Morgan fingerprint density at radius 3 is 2.74 bits per heavy atom. The van der Waals surface area contributed by atoms with Gasteiger partial charge in [-0.3, -0.25) is 4.68 Å². The third kappa shape index (κ3) is 4.08. The molecule has 1 atom stereocenters. The minimum Gasteiger partial charge on any atom is -0.316 e. The first-order valence-electron chi connectivity index (χ1n) is 6.64. The molecule has 2 aromatic rings. The van der Waals surface area contributed by atoms with Gasteiger partial charge in [0, 0.05) is 23.8 Å². The molecule has 0 aliphatic heterocycles. The standard InChI is InChI=1S/C15H20ClN3/c1-3-19-11-13(10-18-19)9-15(17-2)8-12-5-4-6-14(16)7-12/h4-7,10-11,15,17H,3,8-9H2,1-2H3. The Labute approximate surface area is 119 Å². The van der Waals surface area contributed by atoms with Gasteiger partial charge in [-0.05, 0) is 50.1 Å². The van der Waals surface area contributed by atoms with Gasteiger partial charge in [-0.15, -0.1) is 0 Å². The van der Waals surface area contributed by atoms with E-state index < -0.39 is 0 Å². The second kappa shape index (κ2) is 6.73. The van der Waals surface area contributed by atoms with Crippen LogP contribution in [0.4, 0.5) is 0 Å². The average Bonchev–Trinajstić information content (AvgIpc) is 2.85. The summed E-state index contributed by atoms with van der Waals surface area (Å²) in [6.45, 7) is 3.01. The lowest BCUT2D eigenvalue weighted by molar-refractivity contribution is 0.556. The highest BCUT2D eigenvalue weighted by atomic mass is 35.5. The average molecular weight is 278 g/mol. The predicted molar refractivity (Wildman–Crippen MR) is 79.6 cm³/mol. The summed E-state index contributed by atoms with van der Waals surface area (Å²) in [7, 11) is 2.00. The summed E-state index contributed by atoms with van der Waals surface area (Å²) in [5, 5.41) is 8.47. The fourth-order valence-electron chi connectivity index (χ4n) is 2.19. The first kappa shape index (κ1) is 14.1. The van der Waals surface area contributed by atoms with Gasteiger partial charge in [0.05, 0.1) is 6.20 Å². The van der Waals surface area contributed by atoms with Crippen LogP contribution in [0.2, 0.25) is 5.02 Å². The number of rotatable bonds is 6. The fourth-order valence-corrected chi connectivity index (χ4v) is 2.41. The van der Waals surface area contributed by atoms with Crippen LogP contribution in [-0.2, 0) is 19.4 Å². The molecule has 0 spiro atoms. The quantitative estimate of drug-likeness (QED) is 0.880. The van der Waals surface area contributed by atoms with E-state index in [0.29, 0.717) is 6.04 Å². The number of aryl methyl sites for hydroxylation is 1. The van der Waals surface area contributed by atoms with Gasteiger partial charge in [0.25, 0.3) is 0 Å². The monoisotopic (exact) mass is 277 g/mol. The van der Waals surface area contributed by atoms with Crippen LogP contribution >= 0.6 is 11.6 Å². The van der Waals surface area contributed by atoms with Crippen molar-refractivity contribution in [3.05, 3.63) is 52.8 Å². The van der Waals surface area contributed by atoms with Crippen molar-refractivity contribution in [2.24, 2.45) is 0 Å². The van der Waals surface area contributed by atoms with Crippen LogP contribution in [0.3, 0.4) is 0 Å². The number of likely N-dealkylation sites (N-methyl/N-ethyl adjacent to an activating group) is 1. The Hall–Kier alpha value is -1.32. The summed E-state index contributed by atoms with van der Waals surface area (Å²) in [4.78, 5) is 0. The van der Waals surface area contributed by atoms with E-state index in [2.05, 4.69) is 29.6 Å². The molecule has 102 valence electrons. The van der Waals surface area contributed by atoms with Gasteiger partial charge in [0.15, 0.2) is 0 Å². The van der Waals surface area contributed by atoms with E-state index in [1.54, 1.807) is 0 Å². The first-order chi connectivity index (χ1) is 9.21. The van der Waals surface area contributed by atoms with E-state index in [1.165, 1.54) is 11.1 Å². The number of benzene rings is 1. The molecule has 2 rings (SSSR count). The number of aromatic nitrogens is 2. The van der Waals surface area contributed by atoms with Crippen molar-refractivity contribution in [1.82, 2.24) is 15.1 Å². The van der Waals surface area contributed by atoms with Crippen molar-refractivity contribution in [3.63, 3.8) is 0 Å². The molecular weight excluding hydrogens is 258 g/mol. The van der Waals surface area contributed by atoms with E-state index in [1.807, 2.05) is 36.1 Å². The number of hydrogen-bond donors (Lipinski definition) is 1. The normalized spacial score (nSPS) is 12.6. The second-order valence-electron chi connectivity index (χ2n) is 4.73. The minimum absolute atomic E-state index is 0.396. The molecule has 0 bridgehead atoms. The van der Waals surface area contributed by atoms with E-state index >= 15 is 0 Å². The molecule has 0 aliphatic carbocycles. The molecule has 0 fully saturated rings. The molecule has 19 heavy (non-hydrogen) atoms. The third-order valence-electron chi connectivity index (χ3n) is 3.27. The van der Waals surface area contributed by atoms with Crippen molar-refractivity contribution < 1.29 is 0 Å². The molecule has 0 radical (unpaired) electrons. The lowest BCUT2D eigenvalue weighted by Crippen LogP contribution is -2.29. The van der Waals surface area contributed by atoms with Crippen LogP contribution < -0.4 is 5.32 Å². The molecule has 0 saturated heterocycles. The molecule has 4 heteroatoms. The van der Waals surface area contributed by atoms with Crippen molar-refractivity contribution in [3.8, 4) is 0 Å². The third-order valence-corrected chi connectivity index (χ3v) is 3.51. The smallest absolute Gasteiger partial charge is 0.0522 e. The van der Waals surface area contributed by atoms with Crippen molar-refractivity contribution in [2.45, 2.75) is 32.4 Å². The van der Waals surface area contributed by atoms with Crippen LogP contribution in [0, 0.1) is 0 Å². The zero-order valence-corrected chi connectivity index (χ0v) is 12.2. The molecular formula is C15H20ClN3. The molecule has 1 unspecified atom stereocenters. The molecule has 1 aromatic carbocycles. The summed E-state index contributed by atoms with van der Waals surface area (Å²) >= 11 is 6.02. The highest BCUT2D eigenvalue weighted by Crippen LogP contribution is 2.14. The van der Waals surface area contributed by atoms with Crippen LogP contribution in [0.15, 0.2) is 36.7 Å². The summed E-state index contributed by atoms with van der Waals surface area (Å²) in [6, 6.07) is 8.45. The SMILES string of the molecule is CCn1cc(CC(Cc2cccc(Cl)c2)NC)cn1. The van der Waals surface area contributed by atoms with Gasteiger partial charge in [-0.25, -0.2) is 0 Å². The van der Waals surface area contributed by atoms with Gasteiger partial charge in [0.2, 0.25) is 0 Å². The maximum Gasteiger partial charge on any atom is 0.0522 e. The van der Waals surface area contributed by atoms with Crippen molar-refractivity contribution in [1.29, 1.82) is 0 Å². The largest absolute Gasteiger partial charge is 0.316 e. The number of hydrogen-bond acceptors (Lipinski definition) is 2. The topological polar surface area (TPSA) is 29.9 Å². The maximum absolute atomic E-state index is 6.02. The number of nitrogens with one attached hydrogen (secondary N) is 1. The Morgan fingerprint density at radius 1 is 1.32 bits per heavy atom. The Bertz CT molecular complexity index is 522. The molecule has 0 aliphatic rings. The molecule has 3 nitrogen and oxygen atoms in total. The molecule has 1 heterocycles. The van der Waals surface area contributed by atoms with E-state index in [-0.39, 0.29) is 0 Å². The van der Waals surface area contributed by atoms with Crippen LogP contribution in [-0.4, -0.2) is 22.9 Å². The highest BCUT2D eigenvalue weighted by Gasteiger charge is 2.10. The van der Waals surface area contributed by atoms with Gasteiger partial charge in [-0.2, -0.15) is 5.10 Å². The van der Waals surface area contributed by atoms with Gasteiger partial charge in [0.1, 0.15) is 0 Å². The Balaban J connectivity index is 2.00. The molecule has 1 N–H and O–H groups in total. The zero-order valence-electron chi connectivity index (χ0n) is 11.4. The maximum atomic E-state index is 6.02. The lowest BCUT2D eigenvalue weighted by Gasteiger charge is -2.15. The van der Waals surface area contributed by atoms with Gasteiger partial charge >= 0.3 is 0 Å². The van der Waals surface area contributed by atoms with E-state index in [0.717, 1.165) is 24.4 Å². The Kier molecular flexibility index (Phi) is 5.00. The van der Waals surface area contributed by atoms with Crippen LogP contribution in [0.25, 0.3) is 0 Å². The summed E-state index contributed by atoms with van der Waals surface area (Å²) in [5.74, 6) is 0. The Morgan fingerprint density at radius 2 is 2.11 bits per heavy atom. The van der Waals surface area contributed by atoms with Crippen LogP contribution in [0.1, 0.15) is 18.1 Å². The highest BCUT2D eigenvalue weighted by molar-refractivity contribution is 6.30. The molecule has 0 saturated carbocycles. The van der Waals surface area contributed by atoms with Gasteiger partial charge in [-0.1, -0.05) is 23.7 Å². The van der Waals surface area contributed by atoms with Crippen molar-refractivity contribution >= 4 is 11.6 Å². The van der Waals surface area contributed by atoms with Gasteiger partial charge < -0.3 is 5.32 Å². The number of halogens is 1. The van der Waals surface area contributed by atoms with Crippen molar-refractivity contribution in [2.75, 3.05) is 7.05 Å². The zero-order chi connectivity index (χ0) is 13.7. The van der Waals surface area contributed by atoms with Crippen LogP contribution in [0.5, 0.6) is 0 Å². The lowest BCUT2D eigenvalue weighted by atomic mass is 10.0. The second-order valence-corrected chi connectivity index (χ2v) is 5.16. The predicted octanol–water partition coefficient (Wildman–Crippen LogP) is 2.93.